The lowest BCUT2D eigenvalue weighted by molar-refractivity contribution is -0.139. The minimum atomic E-state index is -4.46. The van der Waals surface area contributed by atoms with E-state index in [0.717, 1.165) is 17.7 Å². The number of amides is 2. The molecule has 188 valence electrons. The molecule has 0 N–H and O–H groups in total. The fourth-order valence-electron chi connectivity index (χ4n) is 4.45. The lowest BCUT2D eigenvalue weighted by Gasteiger charge is -2.41. The highest BCUT2D eigenvalue weighted by molar-refractivity contribution is 5.97. The van der Waals surface area contributed by atoms with E-state index in [1.165, 1.54) is 18.1 Å². The minimum Gasteiger partial charge on any atom is -0.497 e. The van der Waals surface area contributed by atoms with Gasteiger partial charge in [-0.3, -0.25) is 9.59 Å². The number of methoxy groups -OCH3 is 1. The molecule has 1 saturated heterocycles. The monoisotopic (exact) mass is 496 g/mol. The molecule has 0 aromatic heterocycles. The number of nitrogens with zero attached hydrogens (tertiary/aromatic N) is 2. The lowest BCUT2D eigenvalue weighted by Crippen LogP contribution is -2.57. The molecule has 0 unspecified atom stereocenters. The normalized spacial score (nSPS) is 16.2. The molecule has 5 nitrogen and oxygen atoms in total. The number of rotatable bonds is 7. The van der Waals surface area contributed by atoms with E-state index >= 15 is 0 Å². The summed E-state index contributed by atoms with van der Waals surface area (Å²) in [5.41, 5.74) is 1.14. The highest BCUT2D eigenvalue weighted by atomic mass is 19.4. The van der Waals surface area contributed by atoms with E-state index in [0.29, 0.717) is 29.7 Å². The third-order valence-electron chi connectivity index (χ3n) is 6.34. The number of hydrogen-bond donors (Lipinski definition) is 0. The van der Waals surface area contributed by atoms with Gasteiger partial charge in [-0.15, -0.1) is 0 Å². The number of carbonyl (C=O) groups is 2. The van der Waals surface area contributed by atoms with Crippen molar-refractivity contribution in [2.45, 2.75) is 31.6 Å². The molecule has 0 saturated carbocycles. The van der Waals surface area contributed by atoms with E-state index in [4.69, 9.17) is 4.74 Å². The van der Waals surface area contributed by atoms with Gasteiger partial charge in [0, 0.05) is 18.7 Å². The Hall–Kier alpha value is -3.81. The van der Waals surface area contributed by atoms with Crippen molar-refractivity contribution in [1.82, 2.24) is 9.80 Å². The first-order chi connectivity index (χ1) is 17.2. The average Bonchev–Trinajstić information content (AvgIpc) is 2.88. The molecule has 1 aliphatic rings. The number of benzene rings is 3. The number of halogens is 3. The maximum absolute atomic E-state index is 13.3. The van der Waals surface area contributed by atoms with Gasteiger partial charge in [-0.2, -0.15) is 13.2 Å². The fraction of sp³-hybridized carbons (Fsp3) is 0.286. The first kappa shape index (κ1) is 25.3. The van der Waals surface area contributed by atoms with E-state index in [1.54, 1.807) is 35.2 Å². The first-order valence-corrected chi connectivity index (χ1v) is 11.7. The second kappa shape index (κ2) is 10.8. The van der Waals surface area contributed by atoms with Gasteiger partial charge >= 0.3 is 6.18 Å². The minimum absolute atomic E-state index is 0.0450. The summed E-state index contributed by atoms with van der Waals surface area (Å²) in [5.74, 6) is -0.0466. The summed E-state index contributed by atoms with van der Waals surface area (Å²) in [6.45, 7) is 0.188. The van der Waals surface area contributed by atoms with Crippen molar-refractivity contribution in [1.29, 1.82) is 0 Å². The molecule has 1 aliphatic heterocycles. The topological polar surface area (TPSA) is 49.9 Å². The van der Waals surface area contributed by atoms with Gasteiger partial charge in [0.05, 0.1) is 18.7 Å². The van der Waals surface area contributed by atoms with Crippen LogP contribution in [-0.4, -0.2) is 47.9 Å². The van der Waals surface area contributed by atoms with Crippen molar-refractivity contribution in [3.05, 3.63) is 101 Å². The second-order valence-corrected chi connectivity index (χ2v) is 8.82. The third-order valence-corrected chi connectivity index (χ3v) is 6.34. The van der Waals surface area contributed by atoms with Crippen LogP contribution >= 0.6 is 0 Å². The zero-order chi connectivity index (χ0) is 25.7. The van der Waals surface area contributed by atoms with E-state index in [1.807, 2.05) is 30.3 Å². The van der Waals surface area contributed by atoms with Gasteiger partial charge in [-0.05, 0) is 54.3 Å². The molecule has 1 heterocycles. The molecule has 0 radical (unpaired) electrons. The summed E-state index contributed by atoms with van der Waals surface area (Å²) in [4.78, 5) is 29.6. The smallest absolute Gasteiger partial charge is 0.416 e. The van der Waals surface area contributed by atoms with Crippen molar-refractivity contribution in [3.8, 4) is 5.75 Å². The maximum Gasteiger partial charge on any atom is 0.416 e. The third kappa shape index (κ3) is 6.05. The van der Waals surface area contributed by atoms with Crippen molar-refractivity contribution in [2.24, 2.45) is 0 Å². The highest BCUT2D eigenvalue weighted by Gasteiger charge is 2.36. The van der Waals surface area contributed by atoms with Gasteiger partial charge in [0.15, 0.2) is 0 Å². The number of piperazine rings is 1. The van der Waals surface area contributed by atoms with Crippen LogP contribution in [0.2, 0.25) is 0 Å². The summed E-state index contributed by atoms with van der Waals surface area (Å²) in [5, 5.41) is 0. The van der Waals surface area contributed by atoms with Gasteiger partial charge in [0.25, 0.3) is 5.91 Å². The Morgan fingerprint density at radius 1 is 0.972 bits per heavy atom. The Labute approximate surface area is 208 Å². The van der Waals surface area contributed by atoms with Gasteiger partial charge < -0.3 is 14.5 Å². The molecule has 1 fully saturated rings. The molecule has 0 bridgehead atoms. The Bertz CT molecular complexity index is 1210. The molecular weight excluding hydrogens is 469 g/mol. The standard InChI is InChI=1S/C28H27F3N2O3/c1-36-25-12-6-10-22(16-25)27(35)32-18-24(14-13-20-7-3-2-4-8-20)33(26(34)19-32)17-21-9-5-11-23(15-21)28(29,30)31/h2-12,15-16,24H,13-14,17-19H2,1H3/t24-/m0/s1. The van der Waals surface area contributed by atoms with Crippen LogP contribution in [-0.2, 0) is 23.9 Å². The van der Waals surface area contributed by atoms with Crippen LogP contribution in [0.1, 0.15) is 33.5 Å². The number of alkyl halides is 3. The van der Waals surface area contributed by atoms with Crippen molar-refractivity contribution >= 4 is 11.8 Å². The number of carbonyl (C=O) groups excluding carboxylic acids is 2. The Kier molecular flexibility index (Phi) is 7.62. The van der Waals surface area contributed by atoms with Crippen LogP contribution in [0.5, 0.6) is 5.75 Å². The lowest BCUT2D eigenvalue weighted by atomic mass is 9.99. The predicted octanol–water partition coefficient (Wildman–Crippen LogP) is 5.20. The van der Waals surface area contributed by atoms with Crippen LogP contribution in [0.3, 0.4) is 0 Å². The van der Waals surface area contributed by atoms with Crippen LogP contribution in [0.25, 0.3) is 0 Å². The molecule has 8 heteroatoms. The molecule has 1 atom stereocenters. The zero-order valence-electron chi connectivity index (χ0n) is 19.9. The summed E-state index contributed by atoms with van der Waals surface area (Å²) in [7, 11) is 1.51. The summed E-state index contributed by atoms with van der Waals surface area (Å²) < 4.78 is 44.9. The Morgan fingerprint density at radius 2 is 1.69 bits per heavy atom. The average molecular weight is 497 g/mol. The molecule has 0 aliphatic carbocycles. The number of ether oxygens (including phenoxy) is 1. The summed E-state index contributed by atoms with van der Waals surface area (Å²) in [6.07, 6.45) is -3.23. The number of aryl methyl sites for hydroxylation is 1. The molecule has 3 aromatic carbocycles. The fourth-order valence-corrected chi connectivity index (χ4v) is 4.45. The molecule has 3 aromatic rings. The van der Waals surface area contributed by atoms with E-state index in [9.17, 15) is 22.8 Å². The van der Waals surface area contributed by atoms with Crippen molar-refractivity contribution < 1.29 is 27.5 Å². The van der Waals surface area contributed by atoms with Crippen molar-refractivity contribution in [3.63, 3.8) is 0 Å². The zero-order valence-corrected chi connectivity index (χ0v) is 19.9. The maximum atomic E-state index is 13.3. The van der Waals surface area contributed by atoms with Gasteiger partial charge in [0.1, 0.15) is 12.3 Å². The SMILES string of the molecule is COc1cccc(C(=O)N2CC(=O)N(Cc3cccc(C(F)(F)F)c3)[C@@H](CCc3ccccc3)C2)c1. The molecular formula is C28H27F3N2O3. The van der Waals surface area contributed by atoms with Crippen LogP contribution in [0.15, 0.2) is 78.9 Å². The van der Waals surface area contributed by atoms with Crippen LogP contribution in [0, 0.1) is 0 Å². The predicted molar refractivity (Wildman–Crippen MR) is 129 cm³/mol. The van der Waals surface area contributed by atoms with E-state index in [-0.39, 0.29) is 37.5 Å². The van der Waals surface area contributed by atoms with E-state index in [2.05, 4.69) is 0 Å². The first-order valence-electron chi connectivity index (χ1n) is 11.7. The van der Waals surface area contributed by atoms with Gasteiger partial charge in [-0.1, -0.05) is 48.5 Å². The summed E-state index contributed by atoms with van der Waals surface area (Å²) >= 11 is 0. The molecule has 36 heavy (non-hydrogen) atoms. The van der Waals surface area contributed by atoms with Crippen molar-refractivity contribution in [2.75, 3.05) is 20.2 Å². The number of hydrogen-bond acceptors (Lipinski definition) is 3. The van der Waals surface area contributed by atoms with Gasteiger partial charge in [0.2, 0.25) is 5.91 Å². The van der Waals surface area contributed by atoms with E-state index < -0.39 is 11.7 Å². The molecule has 0 spiro atoms. The quantitative estimate of drug-likeness (QED) is 0.452. The second-order valence-electron chi connectivity index (χ2n) is 8.82. The molecule has 2 amide bonds. The van der Waals surface area contributed by atoms with Crippen LogP contribution in [0.4, 0.5) is 13.2 Å². The largest absolute Gasteiger partial charge is 0.497 e. The Balaban J connectivity index is 1.57. The Morgan fingerprint density at radius 3 is 2.42 bits per heavy atom. The highest BCUT2D eigenvalue weighted by Crippen LogP contribution is 2.30. The van der Waals surface area contributed by atoms with Crippen LogP contribution < -0.4 is 4.74 Å². The molecule has 4 rings (SSSR count). The summed E-state index contributed by atoms with van der Waals surface area (Å²) in [6, 6.07) is 21.2. The van der Waals surface area contributed by atoms with Gasteiger partial charge in [-0.25, -0.2) is 0 Å².